The molecule has 2 aromatic carbocycles. The summed E-state index contributed by atoms with van der Waals surface area (Å²) < 4.78 is 17.5. The van der Waals surface area contributed by atoms with Gasteiger partial charge in [0.2, 0.25) is 0 Å². The van der Waals surface area contributed by atoms with Crippen LogP contribution in [0.4, 0.5) is 0 Å². The van der Waals surface area contributed by atoms with Gasteiger partial charge in [0.1, 0.15) is 6.10 Å². The summed E-state index contributed by atoms with van der Waals surface area (Å²) in [7, 11) is 3.40. The molecule has 2 aliphatic rings. The SMILES string of the molecule is COc1cc2c(cc1OC)C1(CCCC1)COC2c1ccccc1. The Labute approximate surface area is 143 Å². The van der Waals surface area contributed by atoms with E-state index in [-0.39, 0.29) is 11.5 Å². The third-order valence-corrected chi connectivity index (χ3v) is 5.60. The quantitative estimate of drug-likeness (QED) is 0.823. The molecular weight excluding hydrogens is 300 g/mol. The molecule has 0 saturated heterocycles. The van der Waals surface area contributed by atoms with Crippen LogP contribution < -0.4 is 9.47 Å². The highest BCUT2D eigenvalue weighted by Crippen LogP contribution is 2.51. The highest BCUT2D eigenvalue weighted by Gasteiger charge is 2.43. The Morgan fingerprint density at radius 1 is 0.958 bits per heavy atom. The minimum atomic E-state index is -0.0350. The van der Waals surface area contributed by atoms with Crippen molar-refractivity contribution in [2.24, 2.45) is 0 Å². The van der Waals surface area contributed by atoms with Gasteiger partial charge in [-0.05, 0) is 41.7 Å². The molecular formula is C21H24O3. The molecule has 1 spiro atoms. The Kier molecular flexibility index (Phi) is 3.97. The molecule has 2 aromatic rings. The van der Waals surface area contributed by atoms with Crippen molar-refractivity contribution in [1.82, 2.24) is 0 Å². The molecule has 24 heavy (non-hydrogen) atoms. The van der Waals surface area contributed by atoms with Crippen molar-refractivity contribution in [2.75, 3.05) is 20.8 Å². The Hall–Kier alpha value is -2.00. The number of fused-ring (bicyclic) bond motifs is 2. The maximum Gasteiger partial charge on any atom is 0.161 e. The van der Waals surface area contributed by atoms with E-state index in [9.17, 15) is 0 Å². The third-order valence-electron chi connectivity index (χ3n) is 5.60. The molecule has 1 fully saturated rings. The van der Waals surface area contributed by atoms with Crippen LogP contribution in [0.3, 0.4) is 0 Å². The lowest BCUT2D eigenvalue weighted by atomic mass is 9.73. The maximum absolute atomic E-state index is 6.40. The molecule has 3 nitrogen and oxygen atoms in total. The Balaban J connectivity index is 1.89. The van der Waals surface area contributed by atoms with Crippen LogP contribution in [-0.4, -0.2) is 20.8 Å². The molecule has 1 unspecified atom stereocenters. The fourth-order valence-corrected chi connectivity index (χ4v) is 4.35. The molecule has 1 aliphatic carbocycles. The predicted octanol–water partition coefficient (Wildman–Crippen LogP) is 4.64. The summed E-state index contributed by atoms with van der Waals surface area (Å²) in [5.41, 5.74) is 3.95. The minimum Gasteiger partial charge on any atom is -0.493 e. The van der Waals surface area contributed by atoms with Gasteiger partial charge in [-0.1, -0.05) is 43.2 Å². The fraction of sp³-hybridized carbons (Fsp3) is 0.429. The Morgan fingerprint density at radius 2 is 1.62 bits per heavy atom. The summed E-state index contributed by atoms with van der Waals surface area (Å²) in [5.74, 6) is 1.59. The standard InChI is InChI=1S/C21H24O3/c1-22-18-12-16-17(13-19(18)23-2)21(10-6-7-11-21)14-24-20(16)15-8-4-3-5-9-15/h3-5,8-9,12-13,20H,6-7,10-11,14H2,1-2H3. The highest BCUT2D eigenvalue weighted by atomic mass is 16.5. The van der Waals surface area contributed by atoms with Gasteiger partial charge in [0.25, 0.3) is 0 Å². The average molecular weight is 324 g/mol. The largest absolute Gasteiger partial charge is 0.493 e. The molecule has 0 aromatic heterocycles. The summed E-state index contributed by atoms with van der Waals surface area (Å²) in [5, 5.41) is 0. The second-order valence-corrected chi connectivity index (χ2v) is 6.88. The van der Waals surface area contributed by atoms with Gasteiger partial charge in [0.15, 0.2) is 11.5 Å². The van der Waals surface area contributed by atoms with Gasteiger partial charge in [-0.3, -0.25) is 0 Å². The van der Waals surface area contributed by atoms with Gasteiger partial charge in [-0.15, -0.1) is 0 Å². The third kappa shape index (κ3) is 2.39. The van der Waals surface area contributed by atoms with Crippen LogP contribution >= 0.6 is 0 Å². The lowest BCUT2D eigenvalue weighted by Crippen LogP contribution is -2.36. The van der Waals surface area contributed by atoms with Gasteiger partial charge in [-0.25, -0.2) is 0 Å². The summed E-state index contributed by atoms with van der Waals surface area (Å²) in [6.45, 7) is 0.787. The van der Waals surface area contributed by atoms with E-state index < -0.39 is 0 Å². The summed E-state index contributed by atoms with van der Waals surface area (Å²) in [4.78, 5) is 0. The zero-order valence-corrected chi connectivity index (χ0v) is 14.4. The lowest BCUT2D eigenvalue weighted by molar-refractivity contribution is 0.0204. The van der Waals surface area contributed by atoms with Crippen LogP contribution in [0.2, 0.25) is 0 Å². The molecule has 0 bridgehead atoms. The summed E-state index contributed by atoms with van der Waals surface area (Å²) in [6, 6.07) is 14.8. The minimum absolute atomic E-state index is 0.0350. The van der Waals surface area contributed by atoms with Gasteiger partial charge in [0.05, 0.1) is 20.8 Å². The van der Waals surface area contributed by atoms with Gasteiger partial charge < -0.3 is 14.2 Å². The van der Waals surface area contributed by atoms with Gasteiger partial charge in [-0.2, -0.15) is 0 Å². The second-order valence-electron chi connectivity index (χ2n) is 6.88. The first-order chi connectivity index (χ1) is 11.8. The molecule has 0 radical (unpaired) electrons. The van der Waals surface area contributed by atoms with Crippen molar-refractivity contribution >= 4 is 0 Å². The lowest BCUT2D eigenvalue weighted by Gasteiger charge is -2.40. The normalized spacial score (nSPS) is 21.5. The van der Waals surface area contributed by atoms with Crippen molar-refractivity contribution in [3.63, 3.8) is 0 Å². The first kappa shape index (κ1) is 15.5. The number of hydrogen-bond acceptors (Lipinski definition) is 3. The van der Waals surface area contributed by atoms with E-state index in [0.717, 1.165) is 18.1 Å². The summed E-state index contributed by atoms with van der Waals surface area (Å²) >= 11 is 0. The molecule has 3 heteroatoms. The van der Waals surface area contributed by atoms with Gasteiger partial charge >= 0.3 is 0 Å². The monoisotopic (exact) mass is 324 g/mol. The number of hydrogen-bond donors (Lipinski definition) is 0. The first-order valence-electron chi connectivity index (χ1n) is 8.70. The van der Waals surface area contributed by atoms with Crippen LogP contribution in [0.5, 0.6) is 11.5 Å². The second kappa shape index (κ2) is 6.14. The highest BCUT2D eigenvalue weighted by molar-refractivity contribution is 5.54. The van der Waals surface area contributed by atoms with Crippen LogP contribution in [0.15, 0.2) is 42.5 Å². The molecule has 4 rings (SSSR count). The smallest absolute Gasteiger partial charge is 0.161 e. The summed E-state index contributed by atoms with van der Waals surface area (Å²) in [6.07, 6.45) is 4.89. The van der Waals surface area contributed by atoms with E-state index in [0.29, 0.717) is 0 Å². The van der Waals surface area contributed by atoms with Crippen molar-refractivity contribution in [1.29, 1.82) is 0 Å². The van der Waals surface area contributed by atoms with E-state index in [2.05, 4.69) is 36.4 Å². The first-order valence-corrected chi connectivity index (χ1v) is 8.70. The number of rotatable bonds is 3. The van der Waals surface area contributed by atoms with Crippen molar-refractivity contribution < 1.29 is 14.2 Å². The Bertz CT molecular complexity index is 717. The van der Waals surface area contributed by atoms with Crippen LogP contribution in [0.25, 0.3) is 0 Å². The average Bonchev–Trinajstić information content (AvgIpc) is 3.11. The van der Waals surface area contributed by atoms with Crippen LogP contribution in [0, 0.1) is 0 Å². The van der Waals surface area contributed by atoms with E-state index >= 15 is 0 Å². The van der Waals surface area contributed by atoms with Crippen molar-refractivity contribution in [3.05, 3.63) is 59.2 Å². The molecule has 0 amide bonds. The van der Waals surface area contributed by atoms with E-state index in [1.165, 1.54) is 42.4 Å². The molecule has 0 N–H and O–H groups in total. The molecule has 1 saturated carbocycles. The number of ether oxygens (including phenoxy) is 3. The van der Waals surface area contributed by atoms with Crippen LogP contribution in [-0.2, 0) is 10.2 Å². The Morgan fingerprint density at radius 3 is 2.29 bits per heavy atom. The van der Waals surface area contributed by atoms with E-state index in [4.69, 9.17) is 14.2 Å². The van der Waals surface area contributed by atoms with E-state index in [1.54, 1.807) is 14.2 Å². The van der Waals surface area contributed by atoms with Crippen LogP contribution in [0.1, 0.15) is 48.5 Å². The van der Waals surface area contributed by atoms with Gasteiger partial charge in [0, 0.05) is 5.41 Å². The molecule has 1 heterocycles. The van der Waals surface area contributed by atoms with Crippen molar-refractivity contribution in [3.8, 4) is 11.5 Å². The van der Waals surface area contributed by atoms with Crippen molar-refractivity contribution in [2.45, 2.75) is 37.2 Å². The zero-order valence-electron chi connectivity index (χ0n) is 14.4. The zero-order chi connectivity index (χ0) is 16.6. The predicted molar refractivity (Wildman–Crippen MR) is 93.9 cm³/mol. The van der Waals surface area contributed by atoms with E-state index in [1.807, 2.05) is 6.07 Å². The fourth-order valence-electron chi connectivity index (χ4n) is 4.35. The molecule has 1 aliphatic heterocycles. The topological polar surface area (TPSA) is 27.7 Å². The number of benzene rings is 2. The number of methoxy groups -OCH3 is 2. The molecule has 126 valence electrons. The maximum atomic E-state index is 6.40. The molecule has 1 atom stereocenters.